The highest BCUT2D eigenvalue weighted by Crippen LogP contribution is 2.39. The summed E-state index contributed by atoms with van der Waals surface area (Å²) in [5.41, 5.74) is 4.06. The smallest absolute Gasteiger partial charge is 0.376 e. The Kier molecular flexibility index (Phi) is 3.14. The highest BCUT2D eigenvalue weighted by atomic mass is 19.4. The highest BCUT2D eigenvalue weighted by molar-refractivity contribution is 5.18. The van der Waals surface area contributed by atoms with E-state index in [0.717, 1.165) is 5.56 Å². The molecule has 0 aliphatic carbocycles. The van der Waals surface area contributed by atoms with E-state index in [2.05, 4.69) is 0 Å². The quantitative estimate of drug-likeness (QED) is 0.867. The van der Waals surface area contributed by atoms with Crippen LogP contribution in [0.4, 0.5) is 13.2 Å². The molecule has 2 N–H and O–H groups in total. The van der Waals surface area contributed by atoms with Gasteiger partial charge >= 0.3 is 6.18 Å². The maximum absolute atomic E-state index is 12.9. The summed E-state index contributed by atoms with van der Waals surface area (Å²) in [5.74, 6) is 0. The number of halogens is 3. The van der Waals surface area contributed by atoms with Crippen LogP contribution in [0.5, 0.6) is 0 Å². The van der Waals surface area contributed by atoms with E-state index < -0.39 is 17.8 Å². The number of hydrogen-bond donors (Lipinski definition) is 1. The number of rotatable bonds is 2. The summed E-state index contributed by atoms with van der Waals surface area (Å²) < 4.78 is 43.8. The van der Waals surface area contributed by atoms with E-state index in [-0.39, 0.29) is 19.4 Å². The molecule has 0 spiro atoms. The van der Waals surface area contributed by atoms with Crippen molar-refractivity contribution in [3.8, 4) is 0 Å². The summed E-state index contributed by atoms with van der Waals surface area (Å²) in [6.07, 6.45) is -5.40. The third-order valence-electron chi connectivity index (χ3n) is 3.20. The molecular weight excluding hydrogens is 231 g/mol. The fourth-order valence-corrected chi connectivity index (χ4v) is 2.07. The zero-order chi connectivity index (χ0) is 12.5. The Morgan fingerprint density at radius 3 is 2.53 bits per heavy atom. The molecule has 2 unspecified atom stereocenters. The van der Waals surface area contributed by atoms with Gasteiger partial charge in [0.25, 0.3) is 0 Å². The van der Waals surface area contributed by atoms with Crippen LogP contribution in [0.3, 0.4) is 0 Å². The molecule has 2 rings (SSSR count). The number of benzene rings is 1. The SMILES string of the molecule is NC1(C(F)(F)F)CCOC1Cc1ccccc1. The molecule has 1 fully saturated rings. The van der Waals surface area contributed by atoms with Crippen molar-refractivity contribution in [3.63, 3.8) is 0 Å². The van der Waals surface area contributed by atoms with Gasteiger partial charge in [0, 0.05) is 19.4 Å². The van der Waals surface area contributed by atoms with Gasteiger partial charge in [-0.3, -0.25) is 0 Å². The van der Waals surface area contributed by atoms with Crippen molar-refractivity contribution in [2.75, 3.05) is 6.61 Å². The van der Waals surface area contributed by atoms with Crippen molar-refractivity contribution in [2.45, 2.75) is 30.7 Å². The van der Waals surface area contributed by atoms with E-state index in [4.69, 9.17) is 10.5 Å². The van der Waals surface area contributed by atoms with Crippen molar-refractivity contribution in [1.82, 2.24) is 0 Å². The van der Waals surface area contributed by atoms with Gasteiger partial charge in [0.1, 0.15) is 5.54 Å². The van der Waals surface area contributed by atoms with E-state index in [1.54, 1.807) is 24.3 Å². The minimum atomic E-state index is -4.43. The first-order valence-electron chi connectivity index (χ1n) is 5.44. The molecule has 5 heteroatoms. The molecule has 1 aliphatic rings. The van der Waals surface area contributed by atoms with Gasteiger partial charge in [0.2, 0.25) is 0 Å². The second-order valence-corrected chi connectivity index (χ2v) is 4.34. The minimum absolute atomic E-state index is 0.0630. The minimum Gasteiger partial charge on any atom is -0.376 e. The molecule has 0 amide bonds. The molecule has 0 radical (unpaired) electrons. The predicted molar refractivity (Wildman–Crippen MR) is 57.5 cm³/mol. The Hall–Kier alpha value is -1.07. The van der Waals surface area contributed by atoms with Crippen molar-refractivity contribution in [3.05, 3.63) is 35.9 Å². The largest absolute Gasteiger partial charge is 0.409 e. The van der Waals surface area contributed by atoms with Crippen molar-refractivity contribution in [2.24, 2.45) is 5.73 Å². The second kappa shape index (κ2) is 4.31. The Balaban J connectivity index is 2.16. The molecule has 94 valence electrons. The Bertz CT molecular complexity index is 379. The monoisotopic (exact) mass is 245 g/mol. The number of alkyl halides is 3. The lowest BCUT2D eigenvalue weighted by Gasteiger charge is -2.32. The maximum atomic E-state index is 12.9. The van der Waals surface area contributed by atoms with Gasteiger partial charge < -0.3 is 10.5 Å². The van der Waals surface area contributed by atoms with Gasteiger partial charge in [-0.15, -0.1) is 0 Å². The fraction of sp³-hybridized carbons (Fsp3) is 0.500. The zero-order valence-electron chi connectivity index (χ0n) is 9.20. The van der Waals surface area contributed by atoms with Crippen molar-refractivity contribution >= 4 is 0 Å². The fourth-order valence-electron chi connectivity index (χ4n) is 2.07. The van der Waals surface area contributed by atoms with E-state index in [9.17, 15) is 13.2 Å². The molecule has 2 atom stereocenters. The van der Waals surface area contributed by atoms with Gasteiger partial charge in [-0.1, -0.05) is 30.3 Å². The number of ether oxygens (including phenoxy) is 1. The van der Waals surface area contributed by atoms with Crippen LogP contribution in [0, 0.1) is 0 Å². The molecule has 0 aromatic heterocycles. The van der Waals surface area contributed by atoms with Crippen molar-refractivity contribution in [1.29, 1.82) is 0 Å². The zero-order valence-corrected chi connectivity index (χ0v) is 9.20. The predicted octanol–water partition coefficient (Wildman–Crippen LogP) is 2.28. The lowest BCUT2D eigenvalue weighted by molar-refractivity contribution is -0.198. The number of nitrogens with two attached hydrogens (primary N) is 1. The third-order valence-corrected chi connectivity index (χ3v) is 3.20. The van der Waals surface area contributed by atoms with E-state index in [1.807, 2.05) is 6.07 Å². The van der Waals surface area contributed by atoms with E-state index in [1.165, 1.54) is 0 Å². The molecule has 2 nitrogen and oxygen atoms in total. The van der Waals surface area contributed by atoms with Crippen LogP contribution in [0.15, 0.2) is 30.3 Å². The summed E-state index contributed by atoms with van der Waals surface area (Å²) in [6.45, 7) is 0.0630. The van der Waals surface area contributed by atoms with Crippen molar-refractivity contribution < 1.29 is 17.9 Å². The van der Waals surface area contributed by atoms with Crippen LogP contribution in [0.25, 0.3) is 0 Å². The molecule has 1 heterocycles. The lowest BCUT2D eigenvalue weighted by Crippen LogP contribution is -2.59. The average Bonchev–Trinajstić information content (AvgIpc) is 2.63. The first kappa shape index (κ1) is 12.4. The molecule has 0 saturated carbocycles. The van der Waals surface area contributed by atoms with Crippen LogP contribution in [-0.4, -0.2) is 24.4 Å². The molecule has 1 aromatic carbocycles. The molecular formula is C12H14F3NO. The maximum Gasteiger partial charge on any atom is 0.409 e. The molecule has 1 aliphatic heterocycles. The summed E-state index contributed by atoms with van der Waals surface area (Å²) >= 11 is 0. The summed E-state index contributed by atoms with van der Waals surface area (Å²) in [4.78, 5) is 0. The van der Waals surface area contributed by atoms with Gasteiger partial charge in [0.15, 0.2) is 0 Å². The van der Waals surface area contributed by atoms with Crippen LogP contribution in [-0.2, 0) is 11.2 Å². The molecule has 17 heavy (non-hydrogen) atoms. The van der Waals surface area contributed by atoms with E-state index in [0.29, 0.717) is 0 Å². The standard InChI is InChI=1S/C12H14F3NO/c13-12(14,15)11(16)6-7-17-10(11)8-9-4-2-1-3-5-9/h1-5,10H,6-8,16H2. The summed E-state index contributed by atoms with van der Waals surface area (Å²) in [7, 11) is 0. The van der Waals surface area contributed by atoms with Gasteiger partial charge in [-0.25, -0.2) is 0 Å². The second-order valence-electron chi connectivity index (χ2n) is 4.34. The first-order valence-corrected chi connectivity index (χ1v) is 5.44. The van der Waals surface area contributed by atoms with Crippen LogP contribution < -0.4 is 5.73 Å². The summed E-state index contributed by atoms with van der Waals surface area (Å²) in [6, 6.07) is 8.95. The highest BCUT2D eigenvalue weighted by Gasteiger charge is 2.59. The average molecular weight is 245 g/mol. The van der Waals surface area contributed by atoms with E-state index >= 15 is 0 Å². The third kappa shape index (κ3) is 2.30. The topological polar surface area (TPSA) is 35.2 Å². The van der Waals surface area contributed by atoms with Crippen LogP contribution in [0.2, 0.25) is 0 Å². The Morgan fingerprint density at radius 2 is 1.94 bits per heavy atom. The van der Waals surface area contributed by atoms with Crippen LogP contribution >= 0.6 is 0 Å². The van der Waals surface area contributed by atoms with Crippen LogP contribution in [0.1, 0.15) is 12.0 Å². The Labute approximate surface area is 97.6 Å². The molecule has 1 saturated heterocycles. The normalized spacial score (nSPS) is 29.5. The lowest BCUT2D eigenvalue weighted by atomic mass is 9.88. The molecule has 1 aromatic rings. The Morgan fingerprint density at radius 1 is 1.29 bits per heavy atom. The van der Waals surface area contributed by atoms with Gasteiger partial charge in [-0.05, 0) is 5.56 Å². The first-order chi connectivity index (χ1) is 7.93. The number of hydrogen-bond acceptors (Lipinski definition) is 2. The summed E-state index contributed by atoms with van der Waals surface area (Å²) in [5, 5.41) is 0. The van der Waals surface area contributed by atoms with Gasteiger partial charge in [0.05, 0.1) is 6.10 Å². The molecule has 0 bridgehead atoms. The van der Waals surface area contributed by atoms with Gasteiger partial charge in [-0.2, -0.15) is 13.2 Å².